The van der Waals surface area contributed by atoms with Gasteiger partial charge in [0.15, 0.2) is 0 Å². The van der Waals surface area contributed by atoms with Gasteiger partial charge < -0.3 is 14.8 Å². The summed E-state index contributed by atoms with van der Waals surface area (Å²) in [5, 5.41) is 2.68. The standard InChI is InChI=1S/C22H28N2O6S/c1-5-13-30-19-11-9-18(10-12-19)24(31(4,27)28)15-21(25)23-20-14-17(8-7-16(20)3)22(26)29-6-2/h7-12,14H,5-6,13,15H2,1-4H3,(H,23,25). The van der Waals surface area contributed by atoms with Crippen molar-refractivity contribution < 1.29 is 27.5 Å². The van der Waals surface area contributed by atoms with Crippen molar-refractivity contribution in [3.8, 4) is 5.75 Å². The Kier molecular flexibility index (Phi) is 8.44. The lowest BCUT2D eigenvalue weighted by Gasteiger charge is -2.22. The van der Waals surface area contributed by atoms with Crippen LogP contribution in [0.25, 0.3) is 0 Å². The van der Waals surface area contributed by atoms with Gasteiger partial charge >= 0.3 is 5.97 Å². The van der Waals surface area contributed by atoms with E-state index in [4.69, 9.17) is 9.47 Å². The molecule has 0 fully saturated rings. The van der Waals surface area contributed by atoms with Crippen LogP contribution in [0.5, 0.6) is 5.75 Å². The van der Waals surface area contributed by atoms with E-state index >= 15 is 0 Å². The summed E-state index contributed by atoms with van der Waals surface area (Å²) in [7, 11) is -3.72. The van der Waals surface area contributed by atoms with Crippen molar-refractivity contribution >= 4 is 33.3 Å². The highest BCUT2D eigenvalue weighted by atomic mass is 32.2. The molecule has 0 saturated carbocycles. The molecule has 31 heavy (non-hydrogen) atoms. The van der Waals surface area contributed by atoms with E-state index in [0.29, 0.717) is 29.3 Å². The Morgan fingerprint density at radius 3 is 2.32 bits per heavy atom. The molecule has 0 saturated heterocycles. The average molecular weight is 449 g/mol. The van der Waals surface area contributed by atoms with E-state index in [-0.39, 0.29) is 6.61 Å². The van der Waals surface area contributed by atoms with Gasteiger partial charge in [-0.25, -0.2) is 13.2 Å². The smallest absolute Gasteiger partial charge is 0.338 e. The number of ether oxygens (including phenoxy) is 2. The third-order valence-electron chi connectivity index (χ3n) is 4.31. The molecule has 0 radical (unpaired) electrons. The van der Waals surface area contributed by atoms with Crippen LogP contribution in [0.3, 0.4) is 0 Å². The van der Waals surface area contributed by atoms with E-state index in [1.165, 1.54) is 6.07 Å². The maximum Gasteiger partial charge on any atom is 0.338 e. The minimum Gasteiger partial charge on any atom is -0.494 e. The van der Waals surface area contributed by atoms with E-state index in [1.807, 2.05) is 6.92 Å². The molecule has 2 rings (SSSR count). The number of hydrogen-bond donors (Lipinski definition) is 1. The van der Waals surface area contributed by atoms with Crippen LogP contribution in [0.15, 0.2) is 42.5 Å². The maximum absolute atomic E-state index is 12.7. The number of amides is 1. The molecule has 168 valence electrons. The number of sulfonamides is 1. The van der Waals surface area contributed by atoms with E-state index in [1.54, 1.807) is 50.2 Å². The Bertz CT molecular complexity index is 1020. The Morgan fingerprint density at radius 1 is 1.06 bits per heavy atom. The van der Waals surface area contributed by atoms with Crippen molar-refractivity contribution in [2.45, 2.75) is 27.2 Å². The number of carbonyl (C=O) groups is 2. The molecule has 0 unspecified atom stereocenters. The van der Waals surface area contributed by atoms with Gasteiger partial charge in [0.25, 0.3) is 0 Å². The summed E-state index contributed by atoms with van der Waals surface area (Å²) in [6, 6.07) is 11.3. The second-order valence-electron chi connectivity index (χ2n) is 6.91. The maximum atomic E-state index is 12.7. The predicted molar refractivity (Wildman–Crippen MR) is 120 cm³/mol. The molecule has 2 aromatic carbocycles. The van der Waals surface area contributed by atoms with Crippen LogP contribution in [-0.4, -0.2) is 46.3 Å². The third-order valence-corrected chi connectivity index (χ3v) is 5.45. The van der Waals surface area contributed by atoms with Gasteiger partial charge in [0.05, 0.1) is 30.7 Å². The first-order valence-corrected chi connectivity index (χ1v) is 11.8. The van der Waals surface area contributed by atoms with E-state index < -0.39 is 28.4 Å². The zero-order valence-electron chi connectivity index (χ0n) is 18.2. The van der Waals surface area contributed by atoms with Crippen LogP contribution in [-0.2, 0) is 19.6 Å². The van der Waals surface area contributed by atoms with Crippen molar-refractivity contribution in [1.82, 2.24) is 0 Å². The van der Waals surface area contributed by atoms with Crippen LogP contribution in [0, 0.1) is 6.92 Å². The molecule has 0 aliphatic carbocycles. The second-order valence-corrected chi connectivity index (χ2v) is 8.82. The Morgan fingerprint density at radius 2 is 1.74 bits per heavy atom. The van der Waals surface area contributed by atoms with Crippen LogP contribution in [0.1, 0.15) is 36.2 Å². The lowest BCUT2D eigenvalue weighted by atomic mass is 10.1. The summed E-state index contributed by atoms with van der Waals surface area (Å²) >= 11 is 0. The highest BCUT2D eigenvalue weighted by Gasteiger charge is 2.21. The molecule has 2 aromatic rings. The Balaban J connectivity index is 2.19. The van der Waals surface area contributed by atoms with Gasteiger partial charge in [-0.3, -0.25) is 9.10 Å². The molecule has 0 heterocycles. The van der Waals surface area contributed by atoms with Crippen molar-refractivity contribution in [1.29, 1.82) is 0 Å². The van der Waals surface area contributed by atoms with Gasteiger partial charge in [-0.05, 0) is 62.2 Å². The molecule has 1 amide bonds. The topological polar surface area (TPSA) is 102 Å². The molecule has 0 aromatic heterocycles. The molecule has 8 nitrogen and oxygen atoms in total. The lowest BCUT2D eigenvalue weighted by Crippen LogP contribution is -2.37. The molecule has 9 heteroatoms. The van der Waals surface area contributed by atoms with Crippen LogP contribution in [0.4, 0.5) is 11.4 Å². The largest absolute Gasteiger partial charge is 0.494 e. The van der Waals surface area contributed by atoms with Crippen LogP contribution in [0.2, 0.25) is 0 Å². The van der Waals surface area contributed by atoms with Gasteiger partial charge in [0.2, 0.25) is 15.9 Å². The summed E-state index contributed by atoms with van der Waals surface area (Å²) < 4.78 is 36.1. The van der Waals surface area contributed by atoms with Gasteiger partial charge in [0, 0.05) is 5.69 Å². The minimum atomic E-state index is -3.72. The Hall–Kier alpha value is -3.07. The van der Waals surface area contributed by atoms with E-state index in [0.717, 1.165) is 22.5 Å². The molecule has 0 bridgehead atoms. The molecular formula is C22H28N2O6S. The minimum absolute atomic E-state index is 0.236. The van der Waals surface area contributed by atoms with E-state index in [2.05, 4.69) is 5.32 Å². The number of nitrogens with one attached hydrogen (secondary N) is 1. The summed E-state index contributed by atoms with van der Waals surface area (Å²) in [5.41, 5.74) is 1.78. The summed E-state index contributed by atoms with van der Waals surface area (Å²) in [6.07, 6.45) is 1.89. The van der Waals surface area contributed by atoms with Crippen molar-refractivity contribution in [3.63, 3.8) is 0 Å². The SMILES string of the molecule is CCCOc1ccc(N(CC(=O)Nc2cc(C(=O)OCC)ccc2C)S(C)(=O)=O)cc1. The number of benzene rings is 2. The van der Waals surface area contributed by atoms with Gasteiger partial charge in [-0.2, -0.15) is 0 Å². The molecular weight excluding hydrogens is 420 g/mol. The lowest BCUT2D eigenvalue weighted by molar-refractivity contribution is -0.114. The monoisotopic (exact) mass is 448 g/mol. The fraction of sp³-hybridized carbons (Fsp3) is 0.364. The zero-order valence-corrected chi connectivity index (χ0v) is 19.0. The second kappa shape index (κ2) is 10.8. The van der Waals surface area contributed by atoms with Gasteiger partial charge in [0.1, 0.15) is 12.3 Å². The first-order valence-electron chi connectivity index (χ1n) is 9.94. The number of nitrogens with zero attached hydrogens (tertiary/aromatic N) is 1. The fourth-order valence-corrected chi connectivity index (χ4v) is 3.60. The van der Waals surface area contributed by atoms with Gasteiger partial charge in [-0.15, -0.1) is 0 Å². The molecule has 0 aliphatic rings. The quantitative estimate of drug-likeness (QED) is 0.559. The fourth-order valence-electron chi connectivity index (χ4n) is 2.75. The third kappa shape index (κ3) is 6.99. The zero-order chi connectivity index (χ0) is 23.0. The van der Waals surface area contributed by atoms with Crippen molar-refractivity contribution in [3.05, 3.63) is 53.6 Å². The van der Waals surface area contributed by atoms with E-state index in [9.17, 15) is 18.0 Å². The summed E-state index contributed by atoms with van der Waals surface area (Å²) in [5.74, 6) is -0.420. The number of esters is 1. The number of hydrogen-bond acceptors (Lipinski definition) is 6. The molecule has 0 spiro atoms. The molecule has 0 atom stereocenters. The first-order chi connectivity index (χ1) is 14.7. The molecule has 0 aliphatic heterocycles. The normalized spacial score (nSPS) is 11.0. The van der Waals surface area contributed by atoms with Crippen molar-refractivity contribution in [2.75, 3.05) is 35.6 Å². The van der Waals surface area contributed by atoms with Crippen LogP contribution >= 0.6 is 0 Å². The van der Waals surface area contributed by atoms with Crippen molar-refractivity contribution in [2.24, 2.45) is 0 Å². The highest BCUT2D eigenvalue weighted by Crippen LogP contribution is 2.23. The highest BCUT2D eigenvalue weighted by molar-refractivity contribution is 7.92. The molecule has 1 N–H and O–H groups in total. The summed E-state index contributed by atoms with van der Waals surface area (Å²) in [6.45, 7) is 5.84. The predicted octanol–water partition coefficient (Wildman–Crippen LogP) is 3.37. The summed E-state index contributed by atoms with van der Waals surface area (Å²) in [4.78, 5) is 24.6. The van der Waals surface area contributed by atoms with Crippen LogP contribution < -0.4 is 14.4 Å². The first kappa shape index (κ1) is 24.2. The number of rotatable bonds is 10. The number of carbonyl (C=O) groups excluding carboxylic acids is 2. The Labute approximate surface area is 183 Å². The number of aryl methyl sites for hydroxylation is 1. The van der Waals surface area contributed by atoms with Gasteiger partial charge in [-0.1, -0.05) is 13.0 Å². The number of anilines is 2. The average Bonchev–Trinajstić information content (AvgIpc) is 2.72.